The lowest BCUT2D eigenvalue weighted by Gasteiger charge is -2.27. The Labute approximate surface area is 116 Å². The van der Waals surface area contributed by atoms with E-state index in [-0.39, 0.29) is 5.84 Å². The van der Waals surface area contributed by atoms with Crippen LogP contribution in [0.4, 0.5) is 0 Å². The van der Waals surface area contributed by atoms with E-state index in [4.69, 9.17) is 15.9 Å². The first-order valence-corrected chi connectivity index (χ1v) is 6.78. The molecule has 106 valence electrons. The summed E-state index contributed by atoms with van der Waals surface area (Å²) in [6.45, 7) is 8.48. The van der Waals surface area contributed by atoms with Gasteiger partial charge in [-0.05, 0) is 37.6 Å². The standard InChI is InChI=1S/C15H25N3O/c1-5-11(3)18(6-2)10-12-7-8-14(19-4)13(9-12)15(16)17/h7-9,11H,5-6,10H2,1-4H3,(H3,16,17). The number of methoxy groups -OCH3 is 1. The van der Waals surface area contributed by atoms with Gasteiger partial charge in [0.2, 0.25) is 0 Å². The highest BCUT2D eigenvalue weighted by atomic mass is 16.5. The zero-order valence-electron chi connectivity index (χ0n) is 12.4. The molecule has 0 amide bonds. The minimum absolute atomic E-state index is 0.0466. The van der Waals surface area contributed by atoms with Gasteiger partial charge in [0.15, 0.2) is 0 Å². The first kappa shape index (κ1) is 15.5. The zero-order chi connectivity index (χ0) is 14.4. The van der Waals surface area contributed by atoms with E-state index in [2.05, 4.69) is 25.7 Å². The fourth-order valence-corrected chi connectivity index (χ4v) is 2.14. The van der Waals surface area contributed by atoms with Crippen molar-refractivity contribution >= 4 is 5.84 Å². The molecule has 1 unspecified atom stereocenters. The first-order valence-electron chi connectivity index (χ1n) is 6.78. The summed E-state index contributed by atoms with van der Waals surface area (Å²) in [5, 5.41) is 7.61. The van der Waals surface area contributed by atoms with Crippen LogP contribution in [0, 0.1) is 5.41 Å². The molecule has 0 spiro atoms. The van der Waals surface area contributed by atoms with E-state index >= 15 is 0 Å². The van der Waals surface area contributed by atoms with Gasteiger partial charge in [0.25, 0.3) is 0 Å². The van der Waals surface area contributed by atoms with Crippen LogP contribution in [-0.4, -0.2) is 30.4 Å². The molecule has 0 radical (unpaired) electrons. The molecule has 0 saturated heterocycles. The van der Waals surface area contributed by atoms with E-state index in [0.717, 1.165) is 25.1 Å². The third-order valence-corrected chi connectivity index (χ3v) is 3.56. The number of nitrogens with two attached hydrogens (primary N) is 1. The minimum atomic E-state index is 0.0466. The van der Waals surface area contributed by atoms with E-state index in [1.807, 2.05) is 18.2 Å². The Morgan fingerprint density at radius 2 is 2.11 bits per heavy atom. The van der Waals surface area contributed by atoms with Gasteiger partial charge in [0.05, 0.1) is 12.7 Å². The Morgan fingerprint density at radius 1 is 1.42 bits per heavy atom. The van der Waals surface area contributed by atoms with Crippen LogP contribution in [0.5, 0.6) is 5.75 Å². The van der Waals surface area contributed by atoms with Crippen LogP contribution in [0.1, 0.15) is 38.3 Å². The van der Waals surface area contributed by atoms with Crippen molar-refractivity contribution in [2.45, 2.75) is 39.8 Å². The molecule has 0 saturated carbocycles. The molecule has 0 heterocycles. The maximum atomic E-state index is 7.61. The summed E-state index contributed by atoms with van der Waals surface area (Å²) in [7, 11) is 1.60. The predicted molar refractivity (Wildman–Crippen MR) is 79.8 cm³/mol. The number of amidine groups is 1. The van der Waals surface area contributed by atoms with Gasteiger partial charge < -0.3 is 10.5 Å². The van der Waals surface area contributed by atoms with Crippen molar-refractivity contribution in [2.24, 2.45) is 5.73 Å². The SMILES string of the molecule is CCC(C)N(CC)Cc1ccc(OC)c(C(=N)N)c1. The van der Waals surface area contributed by atoms with Crippen LogP contribution < -0.4 is 10.5 Å². The Balaban J connectivity index is 2.95. The summed E-state index contributed by atoms with van der Waals surface area (Å²) in [5.41, 5.74) is 7.43. The smallest absolute Gasteiger partial charge is 0.129 e. The van der Waals surface area contributed by atoms with Crippen LogP contribution in [-0.2, 0) is 6.54 Å². The number of ether oxygens (including phenoxy) is 1. The van der Waals surface area contributed by atoms with Crippen molar-refractivity contribution in [3.63, 3.8) is 0 Å². The van der Waals surface area contributed by atoms with Crippen LogP contribution in [0.25, 0.3) is 0 Å². The van der Waals surface area contributed by atoms with Crippen molar-refractivity contribution in [3.05, 3.63) is 29.3 Å². The summed E-state index contributed by atoms with van der Waals surface area (Å²) in [6.07, 6.45) is 1.13. The molecule has 1 atom stereocenters. The lowest BCUT2D eigenvalue weighted by atomic mass is 10.1. The molecule has 0 aliphatic carbocycles. The molecule has 0 aliphatic rings. The predicted octanol–water partition coefficient (Wildman–Crippen LogP) is 2.60. The second kappa shape index (κ2) is 7.14. The molecule has 0 aromatic heterocycles. The van der Waals surface area contributed by atoms with Crippen molar-refractivity contribution in [3.8, 4) is 5.75 Å². The average Bonchev–Trinajstić information content (AvgIpc) is 2.43. The quantitative estimate of drug-likeness (QED) is 0.587. The Morgan fingerprint density at radius 3 is 2.58 bits per heavy atom. The molecule has 4 nitrogen and oxygen atoms in total. The van der Waals surface area contributed by atoms with Gasteiger partial charge in [0.1, 0.15) is 11.6 Å². The minimum Gasteiger partial charge on any atom is -0.496 e. The van der Waals surface area contributed by atoms with Gasteiger partial charge >= 0.3 is 0 Å². The summed E-state index contributed by atoms with van der Waals surface area (Å²) < 4.78 is 5.23. The Kier molecular flexibility index (Phi) is 5.83. The zero-order valence-corrected chi connectivity index (χ0v) is 12.4. The average molecular weight is 263 g/mol. The highest BCUT2D eigenvalue weighted by molar-refractivity contribution is 5.97. The van der Waals surface area contributed by atoms with Crippen LogP contribution in [0.3, 0.4) is 0 Å². The molecule has 0 aliphatic heterocycles. The molecule has 4 heteroatoms. The van der Waals surface area contributed by atoms with Crippen molar-refractivity contribution in [1.29, 1.82) is 5.41 Å². The number of nitrogens with zero attached hydrogens (tertiary/aromatic N) is 1. The van der Waals surface area contributed by atoms with E-state index < -0.39 is 0 Å². The van der Waals surface area contributed by atoms with Gasteiger partial charge in [-0.25, -0.2) is 0 Å². The van der Waals surface area contributed by atoms with Gasteiger partial charge in [-0.2, -0.15) is 0 Å². The Hall–Kier alpha value is -1.55. The number of rotatable bonds is 7. The molecule has 19 heavy (non-hydrogen) atoms. The third kappa shape index (κ3) is 3.96. The van der Waals surface area contributed by atoms with Crippen LogP contribution in [0.15, 0.2) is 18.2 Å². The molecule has 0 fully saturated rings. The highest BCUT2D eigenvalue weighted by Crippen LogP contribution is 2.21. The molecule has 1 aromatic rings. The van der Waals surface area contributed by atoms with E-state index in [1.165, 1.54) is 0 Å². The molecule has 3 N–H and O–H groups in total. The fourth-order valence-electron chi connectivity index (χ4n) is 2.14. The number of hydrogen-bond acceptors (Lipinski definition) is 3. The van der Waals surface area contributed by atoms with Crippen LogP contribution in [0.2, 0.25) is 0 Å². The van der Waals surface area contributed by atoms with E-state index in [1.54, 1.807) is 7.11 Å². The van der Waals surface area contributed by atoms with E-state index in [0.29, 0.717) is 17.4 Å². The second-order valence-electron chi connectivity index (χ2n) is 4.77. The summed E-state index contributed by atoms with van der Waals surface area (Å²) in [6, 6.07) is 6.42. The van der Waals surface area contributed by atoms with Crippen LogP contribution >= 0.6 is 0 Å². The number of hydrogen-bond donors (Lipinski definition) is 2. The van der Waals surface area contributed by atoms with Crippen molar-refractivity contribution < 1.29 is 4.74 Å². The summed E-state index contributed by atoms with van der Waals surface area (Å²) in [5.74, 6) is 0.702. The normalized spacial score (nSPS) is 12.5. The fraction of sp³-hybridized carbons (Fsp3) is 0.533. The third-order valence-electron chi connectivity index (χ3n) is 3.56. The van der Waals surface area contributed by atoms with Crippen molar-refractivity contribution in [2.75, 3.05) is 13.7 Å². The first-order chi connectivity index (χ1) is 9.03. The van der Waals surface area contributed by atoms with E-state index in [9.17, 15) is 0 Å². The maximum Gasteiger partial charge on any atom is 0.129 e. The lowest BCUT2D eigenvalue weighted by molar-refractivity contribution is 0.206. The second-order valence-corrected chi connectivity index (χ2v) is 4.77. The van der Waals surface area contributed by atoms with Gasteiger partial charge in [-0.1, -0.05) is 19.9 Å². The van der Waals surface area contributed by atoms with Gasteiger partial charge in [-0.3, -0.25) is 10.3 Å². The molecular formula is C15H25N3O. The molecular weight excluding hydrogens is 238 g/mol. The molecule has 0 bridgehead atoms. The summed E-state index contributed by atoms with van der Waals surface area (Å²) >= 11 is 0. The molecule has 1 rings (SSSR count). The van der Waals surface area contributed by atoms with Gasteiger partial charge in [0, 0.05) is 12.6 Å². The lowest BCUT2D eigenvalue weighted by Crippen LogP contribution is -2.31. The Bertz CT molecular complexity index is 431. The largest absolute Gasteiger partial charge is 0.496 e. The summed E-state index contributed by atoms with van der Waals surface area (Å²) in [4.78, 5) is 2.41. The van der Waals surface area contributed by atoms with Crippen molar-refractivity contribution in [1.82, 2.24) is 4.90 Å². The molecule has 1 aromatic carbocycles. The number of benzene rings is 1. The maximum absolute atomic E-state index is 7.61. The number of nitrogens with one attached hydrogen (secondary N) is 1. The van der Waals surface area contributed by atoms with Gasteiger partial charge in [-0.15, -0.1) is 0 Å². The topological polar surface area (TPSA) is 62.3 Å². The highest BCUT2D eigenvalue weighted by Gasteiger charge is 2.13. The monoisotopic (exact) mass is 263 g/mol. The number of nitrogen functional groups attached to an aromatic ring is 1.